The van der Waals surface area contributed by atoms with E-state index in [0.717, 1.165) is 16.8 Å². The van der Waals surface area contributed by atoms with E-state index in [-0.39, 0.29) is 11.7 Å². The molecule has 3 heterocycles. The summed E-state index contributed by atoms with van der Waals surface area (Å²) in [5, 5.41) is 17.2. The number of piperazine rings is 1. The van der Waals surface area contributed by atoms with Gasteiger partial charge in [0, 0.05) is 50.5 Å². The average molecular weight is 578 g/mol. The van der Waals surface area contributed by atoms with Crippen LogP contribution in [0.25, 0.3) is 11.2 Å². The van der Waals surface area contributed by atoms with Crippen molar-refractivity contribution in [3.63, 3.8) is 0 Å². The molecule has 1 saturated heterocycles. The lowest BCUT2D eigenvalue weighted by Gasteiger charge is -2.34. The number of aryl methyl sites for hydroxylation is 1. The number of urea groups is 1. The molecule has 218 valence electrons. The molecule has 12 nitrogen and oxygen atoms in total. The smallest absolute Gasteiger partial charge is 0.321 e. The van der Waals surface area contributed by atoms with Gasteiger partial charge in [0.05, 0.1) is 17.8 Å². The lowest BCUT2D eigenvalue weighted by Crippen LogP contribution is -2.50. The maximum absolute atomic E-state index is 12.9. The summed E-state index contributed by atoms with van der Waals surface area (Å²) in [5.41, 5.74) is 5.39. The molecule has 0 spiro atoms. The summed E-state index contributed by atoms with van der Waals surface area (Å²) in [7, 11) is 0. The van der Waals surface area contributed by atoms with Crippen LogP contribution in [0.4, 0.5) is 27.9 Å². The molecule has 2 aromatic heterocycles. The average Bonchev–Trinajstić information content (AvgIpc) is 3.44. The zero-order valence-electron chi connectivity index (χ0n) is 23.7. The minimum Gasteiger partial charge on any atom is -0.364 e. The van der Waals surface area contributed by atoms with Gasteiger partial charge in [-0.2, -0.15) is 9.97 Å². The molecule has 0 saturated carbocycles. The van der Waals surface area contributed by atoms with Gasteiger partial charge < -0.3 is 25.0 Å². The summed E-state index contributed by atoms with van der Waals surface area (Å²) < 4.78 is 2.03. The Labute approximate surface area is 248 Å². The fourth-order valence-corrected chi connectivity index (χ4v) is 4.96. The SMILES string of the molecule is Cc1ccc(CNc2nc(N3CCN(C(=O)Nc4ccc([N+](=O)[O-])cc4)CC3)nc3c2ncn3Cc2ccccc2)cc1. The molecule has 0 atom stereocenters. The summed E-state index contributed by atoms with van der Waals surface area (Å²) in [4.78, 5) is 41.6. The molecule has 0 bridgehead atoms. The van der Waals surface area contributed by atoms with Gasteiger partial charge in [0.1, 0.15) is 0 Å². The second-order valence-corrected chi connectivity index (χ2v) is 10.4. The first kappa shape index (κ1) is 27.6. The number of amides is 2. The van der Waals surface area contributed by atoms with Crippen molar-refractivity contribution in [1.29, 1.82) is 0 Å². The fourth-order valence-electron chi connectivity index (χ4n) is 4.96. The van der Waals surface area contributed by atoms with Crippen LogP contribution in [-0.4, -0.2) is 61.6 Å². The molecule has 6 rings (SSSR count). The lowest BCUT2D eigenvalue weighted by molar-refractivity contribution is -0.384. The van der Waals surface area contributed by atoms with Gasteiger partial charge in [0.25, 0.3) is 5.69 Å². The van der Waals surface area contributed by atoms with E-state index in [1.54, 1.807) is 11.2 Å². The summed E-state index contributed by atoms with van der Waals surface area (Å²) in [5.74, 6) is 1.23. The number of anilines is 3. The van der Waals surface area contributed by atoms with Crippen LogP contribution in [0.3, 0.4) is 0 Å². The molecule has 2 amide bonds. The van der Waals surface area contributed by atoms with E-state index in [0.29, 0.717) is 62.2 Å². The first-order valence-corrected chi connectivity index (χ1v) is 14.0. The number of fused-ring (bicyclic) bond motifs is 1. The minimum absolute atomic E-state index is 0.0265. The van der Waals surface area contributed by atoms with E-state index in [1.807, 2.05) is 22.8 Å². The molecule has 0 unspecified atom stereocenters. The summed E-state index contributed by atoms with van der Waals surface area (Å²) in [6.07, 6.45) is 1.80. The Bertz CT molecular complexity index is 1730. The van der Waals surface area contributed by atoms with Gasteiger partial charge in [-0.05, 0) is 30.2 Å². The number of hydrogen-bond donors (Lipinski definition) is 2. The van der Waals surface area contributed by atoms with E-state index in [1.165, 1.54) is 29.8 Å². The van der Waals surface area contributed by atoms with Gasteiger partial charge in [-0.1, -0.05) is 60.2 Å². The molecule has 1 aliphatic heterocycles. The van der Waals surface area contributed by atoms with E-state index in [4.69, 9.17) is 9.97 Å². The van der Waals surface area contributed by atoms with E-state index in [9.17, 15) is 14.9 Å². The van der Waals surface area contributed by atoms with Crippen molar-refractivity contribution in [2.75, 3.05) is 41.7 Å². The third-order valence-corrected chi connectivity index (χ3v) is 7.41. The van der Waals surface area contributed by atoms with Crippen LogP contribution >= 0.6 is 0 Å². The molecule has 43 heavy (non-hydrogen) atoms. The maximum atomic E-state index is 12.9. The van der Waals surface area contributed by atoms with Crippen molar-refractivity contribution in [2.24, 2.45) is 0 Å². The van der Waals surface area contributed by atoms with Gasteiger partial charge in [-0.3, -0.25) is 10.1 Å². The van der Waals surface area contributed by atoms with Crippen molar-refractivity contribution < 1.29 is 9.72 Å². The highest BCUT2D eigenvalue weighted by Gasteiger charge is 2.25. The highest BCUT2D eigenvalue weighted by molar-refractivity contribution is 5.89. The molecule has 0 radical (unpaired) electrons. The standard InChI is InChI=1S/C31H31N9O3/c1-22-7-9-23(10-8-22)19-32-28-27-29(39(21-33-27)20-24-5-3-2-4-6-24)36-30(35-28)37-15-17-38(18-16-37)31(41)34-25-11-13-26(14-12-25)40(42)43/h2-14,21H,15-20H2,1H3,(H,34,41)(H,32,35,36). The Morgan fingerprint density at radius 1 is 0.907 bits per heavy atom. The number of benzene rings is 3. The summed E-state index contributed by atoms with van der Waals surface area (Å²) in [6.45, 7) is 5.31. The third kappa shape index (κ3) is 6.38. The van der Waals surface area contributed by atoms with Crippen LogP contribution in [0.1, 0.15) is 16.7 Å². The third-order valence-electron chi connectivity index (χ3n) is 7.41. The zero-order chi connectivity index (χ0) is 29.8. The zero-order valence-corrected chi connectivity index (χ0v) is 23.7. The van der Waals surface area contributed by atoms with Gasteiger partial charge in [-0.25, -0.2) is 9.78 Å². The summed E-state index contributed by atoms with van der Waals surface area (Å²) in [6, 6.07) is 24.1. The van der Waals surface area contributed by atoms with Crippen LogP contribution in [0, 0.1) is 17.0 Å². The number of nitrogens with one attached hydrogen (secondary N) is 2. The molecule has 1 fully saturated rings. The highest BCUT2D eigenvalue weighted by atomic mass is 16.6. The Morgan fingerprint density at radius 2 is 1.63 bits per heavy atom. The fraction of sp³-hybridized carbons (Fsp3) is 0.226. The maximum Gasteiger partial charge on any atom is 0.321 e. The highest BCUT2D eigenvalue weighted by Crippen LogP contribution is 2.25. The van der Waals surface area contributed by atoms with Gasteiger partial charge in [-0.15, -0.1) is 0 Å². The van der Waals surface area contributed by atoms with Crippen LogP contribution in [0.5, 0.6) is 0 Å². The number of carbonyl (C=O) groups is 1. The molecule has 1 aliphatic rings. The topological polar surface area (TPSA) is 134 Å². The Morgan fingerprint density at radius 3 is 2.33 bits per heavy atom. The number of hydrogen-bond acceptors (Lipinski definition) is 8. The first-order valence-electron chi connectivity index (χ1n) is 14.0. The van der Waals surface area contributed by atoms with Crippen LogP contribution in [-0.2, 0) is 13.1 Å². The van der Waals surface area contributed by atoms with Gasteiger partial charge in [0.15, 0.2) is 17.0 Å². The van der Waals surface area contributed by atoms with E-state index < -0.39 is 4.92 Å². The van der Waals surface area contributed by atoms with Crippen molar-refractivity contribution in [2.45, 2.75) is 20.0 Å². The predicted molar refractivity (Wildman–Crippen MR) is 165 cm³/mol. The van der Waals surface area contributed by atoms with E-state index >= 15 is 0 Å². The second-order valence-electron chi connectivity index (χ2n) is 10.4. The number of carbonyl (C=O) groups excluding carboxylic acids is 1. The van der Waals surface area contributed by atoms with Crippen molar-refractivity contribution in [1.82, 2.24) is 24.4 Å². The minimum atomic E-state index is -0.470. The molecular weight excluding hydrogens is 546 g/mol. The normalized spacial score (nSPS) is 13.2. The lowest BCUT2D eigenvalue weighted by atomic mass is 10.1. The molecule has 0 aliphatic carbocycles. The molecule has 5 aromatic rings. The molecule has 12 heteroatoms. The quantitative estimate of drug-likeness (QED) is 0.193. The summed E-state index contributed by atoms with van der Waals surface area (Å²) >= 11 is 0. The van der Waals surface area contributed by atoms with Crippen molar-refractivity contribution >= 4 is 40.3 Å². The molecule has 3 aromatic carbocycles. The van der Waals surface area contributed by atoms with E-state index in [2.05, 4.69) is 63.8 Å². The number of aromatic nitrogens is 4. The Balaban J connectivity index is 1.20. The van der Waals surface area contributed by atoms with Gasteiger partial charge >= 0.3 is 6.03 Å². The Kier molecular flexibility index (Phi) is 7.81. The number of non-ortho nitro benzene ring substituents is 1. The second kappa shape index (κ2) is 12.1. The van der Waals surface area contributed by atoms with Crippen LogP contribution in [0.2, 0.25) is 0 Å². The molecule has 2 N–H and O–H groups in total. The number of nitro benzene ring substituents is 1. The van der Waals surface area contributed by atoms with Gasteiger partial charge in [0.2, 0.25) is 5.95 Å². The largest absolute Gasteiger partial charge is 0.364 e. The molecular formula is C31H31N9O3. The monoisotopic (exact) mass is 577 g/mol. The van der Waals surface area contributed by atoms with Crippen LogP contribution < -0.4 is 15.5 Å². The Hall–Kier alpha value is -5.52. The number of nitrogens with zero attached hydrogens (tertiary/aromatic N) is 7. The van der Waals surface area contributed by atoms with Crippen molar-refractivity contribution in [3.05, 3.63) is 112 Å². The number of imidazole rings is 1. The first-order chi connectivity index (χ1) is 20.9. The number of nitro groups is 1. The van der Waals surface area contributed by atoms with Crippen molar-refractivity contribution in [3.8, 4) is 0 Å². The number of rotatable bonds is 8. The predicted octanol–water partition coefficient (Wildman–Crippen LogP) is 5.06. The van der Waals surface area contributed by atoms with Crippen LogP contribution in [0.15, 0.2) is 85.2 Å².